The van der Waals surface area contributed by atoms with Gasteiger partial charge in [0.1, 0.15) is 5.75 Å². The lowest BCUT2D eigenvalue weighted by molar-refractivity contribution is 0.0936. The van der Waals surface area contributed by atoms with Gasteiger partial charge in [-0.1, -0.05) is 13.3 Å². The van der Waals surface area contributed by atoms with E-state index in [1.807, 2.05) is 0 Å². The SMILES string of the molecule is CCCC(CN)NC(=O)c1ccc(O)c(C)c1. The number of phenols is 1. The maximum absolute atomic E-state index is 11.9. The highest BCUT2D eigenvalue weighted by Crippen LogP contribution is 2.16. The number of nitrogens with one attached hydrogen (secondary N) is 1. The van der Waals surface area contributed by atoms with Crippen molar-refractivity contribution in [2.75, 3.05) is 6.54 Å². The summed E-state index contributed by atoms with van der Waals surface area (Å²) in [6.07, 6.45) is 1.86. The molecule has 0 saturated carbocycles. The third-order valence-corrected chi connectivity index (χ3v) is 2.72. The van der Waals surface area contributed by atoms with E-state index in [9.17, 15) is 9.90 Å². The average molecular weight is 236 g/mol. The van der Waals surface area contributed by atoms with Crippen molar-refractivity contribution in [1.29, 1.82) is 0 Å². The van der Waals surface area contributed by atoms with E-state index in [2.05, 4.69) is 12.2 Å². The third-order valence-electron chi connectivity index (χ3n) is 2.72. The molecule has 1 rings (SSSR count). The molecule has 0 bridgehead atoms. The van der Waals surface area contributed by atoms with Gasteiger partial charge in [0.2, 0.25) is 0 Å². The topological polar surface area (TPSA) is 75.3 Å². The Hall–Kier alpha value is -1.55. The van der Waals surface area contributed by atoms with Crippen LogP contribution in [0.2, 0.25) is 0 Å². The summed E-state index contributed by atoms with van der Waals surface area (Å²) in [7, 11) is 0. The van der Waals surface area contributed by atoms with Crippen molar-refractivity contribution in [3.8, 4) is 5.75 Å². The summed E-state index contributed by atoms with van der Waals surface area (Å²) < 4.78 is 0. The Balaban J connectivity index is 2.72. The van der Waals surface area contributed by atoms with Gasteiger partial charge in [0, 0.05) is 18.2 Å². The van der Waals surface area contributed by atoms with E-state index in [-0.39, 0.29) is 17.7 Å². The van der Waals surface area contributed by atoms with Crippen LogP contribution in [0.3, 0.4) is 0 Å². The van der Waals surface area contributed by atoms with Crippen LogP contribution in [0.1, 0.15) is 35.7 Å². The van der Waals surface area contributed by atoms with E-state index in [1.54, 1.807) is 19.1 Å². The molecule has 0 aliphatic carbocycles. The number of benzene rings is 1. The van der Waals surface area contributed by atoms with Crippen LogP contribution >= 0.6 is 0 Å². The highest BCUT2D eigenvalue weighted by atomic mass is 16.3. The van der Waals surface area contributed by atoms with Crippen molar-refractivity contribution in [3.63, 3.8) is 0 Å². The second kappa shape index (κ2) is 6.25. The van der Waals surface area contributed by atoms with Gasteiger partial charge in [0.15, 0.2) is 0 Å². The first-order valence-electron chi connectivity index (χ1n) is 5.89. The fourth-order valence-corrected chi connectivity index (χ4v) is 1.66. The highest BCUT2D eigenvalue weighted by molar-refractivity contribution is 5.94. The Morgan fingerprint density at radius 1 is 1.53 bits per heavy atom. The largest absolute Gasteiger partial charge is 0.508 e. The molecule has 0 aromatic heterocycles. The summed E-state index contributed by atoms with van der Waals surface area (Å²) in [5.41, 5.74) is 6.83. The van der Waals surface area contributed by atoms with Crippen LogP contribution in [0.5, 0.6) is 5.75 Å². The molecule has 4 heteroatoms. The molecule has 0 spiro atoms. The van der Waals surface area contributed by atoms with E-state index in [0.717, 1.165) is 12.8 Å². The lowest BCUT2D eigenvalue weighted by atomic mass is 10.1. The van der Waals surface area contributed by atoms with Crippen molar-refractivity contribution in [2.45, 2.75) is 32.7 Å². The first-order chi connectivity index (χ1) is 8.08. The molecule has 0 radical (unpaired) electrons. The monoisotopic (exact) mass is 236 g/mol. The Kier molecular flexibility index (Phi) is 4.97. The predicted molar refractivity (Wildman–Crippen MR) is 68.1 cm³/mol. The van der Waals surface area contributed by atoms with E-state index >= 15 is 0 Å². The van der Waals surface area contributed by atoms with Crippen molar-refractivity contribution < 1.29 is 9.90 Å². The maximum Gasteiger partial charge on any atom is 0.251 e. The molecule has 0 saturated heterocycles. The Labute approximate surface area is 102 Å². The van der Waals surface area contributed by atoms with Gasteiger partial charge in [-0.2, -0.15) is 0 Å². The quantitative estimate of drug-likeness (QED) is 0.726. The van der Waals surface area contributed by atoms with Crippen LogP contribution in [-0.4, -0.2) is 23.6 Å². The fourth-order valence-electron chi connectivity index (χ4n) is 1.66. The van der Waals surface area contributed by atoms with Crippen molar-refractivity contribution in [3.05, 3.63) is 29.3 Å². The number of aryl methyl sites for hydroxylation is 1. The van der Waals surface area contributed by atoms with Crippen LogP contribution in [-0.2, 0) is 0 Å². The van der Waals surface area contributed by atoms with Crippen LogP contribution in [0.15, 0.2) is 18.2 Å². The molecule has 94 valence electrons. The summed E-state index contributed by atoms with van der Waals surface area (Å²) in [4.78, 5) is 11.9. The molecular weight excluding hydrogens is 216 g/mol. The van der Waals surface area contributed by atoms with Crippen molar-refractivity contribution >= 4 is 5.91 Å². The van der Waals surface area contributed by atoms with E-state index in [0.29, 0.717) is 17.7 Å². The number of rotatable bonds is 5. The minimum Gasteiger partial charge on any atom is -0.508 e. The molecule has 0 aliphatic heterocycles. The number of nitrogens with two attached hydrogens (primary N) is 1. The minimum absolute atomic E-state index is 0.0154. The fraction of sp³-hybridized carbons (Fsp3) is 0.462. The minimum atomic E-state index is -0.142. The maximum atomic E-state index is 11.9. The van der Waals surface area contributed by atoms with Gasteiger partial charge in [-0.05, 0) is 37.1 Å². The van der Waals surface area contributed by atoms with Crippen LogP contribution in [0.4, 0.5) is 0 Å². The summed E-state index contributed by atoms with van der Waals surface area (Å²) in [5.74, 6) is 0.0579. The Morgan fingerprint density at radius 3 is 2.76 bits per heavy atom. The molecule has 1 unspecified atom stereocenters. The average Bonchev–Trinajstić information content (AvgIpc) is 2.31. The molecule has 1 aromatic carbocycles. The van der Waals surface area contributed by atoms with Gasteiger partial charge < -0.3 is 16.2 Å². The third kappa shape index (κ3) is 3.75. The Morgan fingerprint density at radius 2 is 2.24 bits per heavy atom. The van der Waals surface area contributed by atoms with Gasteiger partial charge in [-0.3, -0.25) is 4.79 Å². The Bertz CT molecular complexity index is 391. The van der Waals surface area contributed by atoms with E-state index < -0.39 is 0 Å². The number of carbonyl (C=O) groups is 1. The predicted octanol–water partition coefficient (Wildman–Crippen LogP) is 1.56. The van der Waals surface area contributed by atoms with Gasteiger partial charge in [-0.25, -0.2) is 0 Å². The number of amides is 1. The summed E-state index contributed by atoms with van der Waals surface area (Å²) in [6.45, 7) is 4.26. The number of hydrogen-bond donors (Lipinski definition) is 3. The van der Waals surface area contributed by atoms with Crippen LogP contribution in [0, 0.1) is 6.92 Å². The molecule has 1 atom stereocenters. The normalized spacial score (nSPS) is 12.2. The summed E-state index contributed by atoms with van der Waals surface area (Å²) in [5, 5.41) is 12.3. The number of phenolic OH excluding ortho intramolecular Hbond substituents is 1. The zero-order valence-corrected chi connectivity index (χ0v) is 10.4. The van der Waals surface area contributed by atoms with Crippen LogP contribution < -0.4 is 11.1 Å². The summed E-state index contributed by atoms with van der Waals surface area (Å²) >= 11 is 0. The van der Waals surface area contributed by atoms with Gasteiger partial charge in [0.05, 0.1) is 0 Å². The zero-order valence-electron chi connectivity index (χ0n) is 10.4. The molecule has 0 heterocycles. The van der Waals surface area contributed by atoms with Gasteiger partial charge in [-0.15, -0.1) is 0 Å². The van der Waals surface area contributed by atoms with E-state index in [4.69, 9.17) is 5.73 Å². The van der Waals surface area contributed by atoms with Crippen LogP contribution in [0.25, 0.3) is 0 Å². The zero-order chi connectivity index (χ0) is 12.8. The number of hydrogen-bond acceptors (Lipinski definition) is 3. The van der Waals surface area contributed by atoms with E-state index in [1.165, 1.54) is 6.07 Å². The second-order valence-corrected chi connectivity index (χ2v) is 4.20. The van der Waals surface area contributed by atoms with Gasteiger partial charge in [0.25, 0.3) is 5.91 Å². The smallest absolute Gasteiger partial charge is 0.251 e. The summed E-state index contributed by atoms with van der Waals surface area (Å²) in [6, 6.07) is 4.82. The molecular formula is C13H20N2O2. The second-order valence-electron chi connectivity index (χ2n) is 4.20. The first kappa shape index (κ1) is 13.5. The van der Waals surface area contributed by atoms with Gasteiger partial charge >= 0.3 is 0 Å². The molecule has 4 N–H and O–H groups in total. The lowest BCUT2D eigenvalue weighted by Gasteiger charge is -2.16. The molecule has 0 aliphatic rings. The molecule has 1 aromatic rings. The first-order valence-corrected chi connectivity index (χ1v) is 5.89. The molecule has 17 heavy (non-hydrogen) atoms. The lowest BCUT2D eigenvalue weighted by Crippen LogP contribution is -2.40. The molecule has 1 amide bonds. The van der Waals surface area contributed by atoms with Crippen molar-refractivity contribution in [1.82, 2.24) is 5.32 Å². The molecule has 0 fully saturated rings. The van der Waals surface area contributed by atoms with Crippen molar-refractivity contribution in [2.24, 2.45) is 5.73 Å². The molecule has 4 nitrogen and oxygen atoms in total. The number of aromatic hydroxyl groups is 1. The number of carbonyl (C=O) groups excluding carboxylic acids is 1. The standard InChI is InChI=1S/C13H20N2O2/c1-3-4-11(8-14)15-13(17)10-5-6-12(16)9(2)7-10/h5-7,11,16H,3-4,8,14H2,1-2H3,(H,15,17). The highest BCUT2D eigenvalue weighted by Gasteiger charge is 2.12.